The molecule has 2 rings (SSSR count). The van der Waals surface area contributed by atoms with Gasteiger partial charge in [-0.05, 0) is 25.1 Å². The summed E-state index contributed by atoms with van der Waals surface area (Å²) in [6.07, 6.45) is -3.26. The number of aromatic nitrogens is 2. The second kappa shape index (κ2) is 7.75. The topological polar surface area (TPSA) is 87.3 Å². The first-order valence-corrected chi connectivity index (χ1v) is 7.75. The quantitative estimate of drug-likeness (QED) is 0.718. The summed E-state index contributed by atoms with van der Waals surface area (Å²) in [5, 5.41) is 11.9. The first-order valence-electron chi connectivity index (χ1n) is 7.38. The zero-order valence-electron chi connectivity index (χ0n) is 13.3. The Labute approximate surface area is 147 Å². The molecule has 0 fully saturated rings. The van der Waals surface area contributed by atoms with Gasteiger partial charge in [-0.2, -0.15) is 13.2 Å². The van der Waals surface area contributed by atoms with Gasteiger partial charge in [0.2, 0.25) is 0 Å². The van der Waals surface area contributed by atoms with E-state index < -0.39 is 11.7 Å². The zero-order valence-corrected chi connectivity index (χ0v) is 14.1. The SMILES string of the molecule is CCN(CCO)c1ncnc(Nc2cc(C(F)(F)F)ccc2Cl)c1N. The molecule has 0 atom stereocenters. The van der Waals surface area contributed by atoms with E-state index >= 15 is 0 Å². The number of halogens is 4. The van der Waals surface area contributed by atoms with Crippen molar-refractivity contribution in [3.8, 4) is 0 Å². The molecule has 10 heteroatoms. The number of likely N-dealkylation sites (N-methyl/N-ethyl adjacent to an activating group) is 1. The lowest BCUT2D eigenvalue weighted by molar-refractivity contribution is -0.137. The van der Waals surface area contributed by atoms with Gasteiger partial charge in [0, 0.05) is 13.1 Å². The Kier molecular flexibility index (Phi) is 5.91. The molecule has 0 aliphatic carbocycles. The van der Waals surface area contributed by atoms with Gasteiger partial charge in [-0.3, -0.25) is 0 Å². The lowest BCUT2D eigenvalue weighted by Gasteiger charge is -2.23. The van der Waals surface area contributed by atoms with Gasteiger partial charge >= 0.3 is 6.18 Å². The standard InChI is InChI=1S/C15H17ClF3N5O/c1-2-24(5-6-25)14-12(20)13(21-8-22-14)23-11-7-9(15(17,18)19)3-4-10(11)16/h3-4,7-8,25H,2,5-6,20H2,1H3,(H,21,22,23). The highest BCUT2D eigenvalue weighted by Crippen LogP contribution is 2.36. The lowest BCUT2D eigenvalue weighted by Crippen LogP contribution is -2.28. The Hall–Kier alpha value is -2.26. The molecule has 0 spiro atoms. The van der Waals surface area contributed by atoms with Crippen molar-refractivity contribution < 1.29 is 18.3 Å². The maximum Gasteiger partial charge on any atom is 0.416 e. The Bertz CT molecular complexity index is 742. The molecule has 0 saturated heterocycles. The lowest BCUT2D eigenvalue weighted by atomic mass is 10.2. The van der Waals surface area contributed by atoms with Gasteiger partial charge in [-0.25, -0.2) is 9.97 Å². The van der Waals surface area contributed by atoms with Gasteiger partial charge in [0.05, 0.1) is 22.9 Å². The molecule has 0 radical (unpaired) electrons. The van der Waals surface area contributed by atoms with Crippen LogP contribution >= 0.6 is 11.6 Å². The average Bonchev–Trinajstić information content (AvgIpc) is 2.55. The van der Waals surface area contributed by atoms with Crippen LogP contribution in [0.5, 0.6) is 0 Å². The van der Waals surface area contributed by atoms with Gasteiger partial charge < -0.3 is 21.1 Å². The van der Waals surface area contributed by atoms with E-state index in [2.05, 4.69) is 15.3 Å². The summed E-state index contributed by atoms with van der Waals surface area (Å²) in [5.74, 6) is 0.500. The molecule has 2 aromatic rings. The van der Waals surface area contributed by atoms with Crippen molar-refractivity contribution in [1.82, 2.24) is 9.97 Å². The second-order valence-corrected chi connectivity index (χ2v) is 5.49. The zero-order chi connectivity index (χ0) is 18.6. The predicted octanol–water partition coefficient (Wildman–Crippen LogP) is 3.29. The maximum absolute atomic E-state index is 12.9. The number of nitrogens with zero attached hydrogens (tertiary/aromatic N) is 3. The normalized spacial score (nSPS) is 11.4. The van der Waals surface area contributed by atoms with Gasteiger partial charge in [-0.15, -0.1) is 0 Å². The number of anilines is 4. The van der Waals surface area contributed by atoms with E-state index in [0.29, 0.717) is 18.9 Å². The van der Waals surface area contributed by atoms with Crippen LogP contribution in [0.4, 0.5) is 36.2 Å². The monoisotopic (exact) mass is 375 g/mol. The van der Waals surface area contributed by atoms with Gasteiger partial charge in [0.1, 0.15) is 12.0 Å². The smallest absolute Gasteiger partial charge is 0.395 e. The van der Waals surface area contributed by atoms with Crippen LogP contribution in [0, 0.1) is 0 Å². The Morgan fingerprint density at radius 3 is 2.64 bits per heavy atom. The van der Waals surface area contributed by atoms with Crippen molar-refractivity contribution in [2.24, 2.45) is 0 Å². The van der Waals surface area contributed by atoms with Crippen LogP contribution in [0.3, 0.4) is 0 Å². The van der Waals surface area contributed by atoms with Crippen LogP contribution in [0.15, 0.2) is 24.5 Å². The molecule has 1 heterocycles. The fourth-order valence-corrected chi connectivity index (χ4v) is 2.36. The van der Waals surface area contributed by atoms with E-state index in [9.17, 15) is 13.2 Å². The van der Waals surface area contributed by atoms with Crippen molar-refractivity contribution in [3.05, 3.63) is 35.1 Å². The molecule has 0 aliphatic heterocycles. The molecular formula is C15H17ClF3N5O. The summed E-state index contributed by atoms with van der Waals surface area (Å²) in [4.78, 5) is 9.76. The number of hydrogen-bond donors (Lipinski definition) is 3. The van der Waals surface area contributed by atoms with Crippen LogP contribution < -0.4 is 16.0 Å². The molecule has 0 saturated carbocycles. The largest absolute Gasteiger partial charge is 0.416 e. The van der Waals surface area contributed by atoms with Gasteiger partial charge in [-0.1, -0.05) is 11.6 Å². The third kappa shape index (κ3) is 4.43. The summed E-state index contributed by atoms with van der Waals surface area (Å²) in [5.41, 5.74) is 5.36. The third-order valence-corrected chi connectivity index (χ3v) is 3.79. The summed E-state index contributed by atoms with van der Waals surface area (Å²) in [6, 6.07) is 2.92. The van der Waals surface area contributed by atoms with E-state index in [1.165, 1.54) is 6.33 Å². The minimum Gasteiger partial charge on any atom is -0.395 e. The summed E-state index contributed by atoms with van der Waals surface area (Å²) in [6.45, 7) is 2.60. The minimum atomic E-state index is -4.50. The third-order valence-electron chi connectivity index (χ3n) is 3.46. The van der Waals surface area contributed by atoms with E-state index in [4.69, 9.17) is 22.4 Å². The van der Waals surface area contributed by atoms with Crippen molar-refractivity contribution in [3.63, 3.8) is 0 Å². The summed E-state index contributed by atoms with van der Waals surface area (Å²) >= 11 is 5.97. The van der Waals surface area contributed by atoms with Crippen LogP contribution in [0.1, 0.15) is 12.5 Å². The number of rotatable bonds is 6. The number of nitrogen functional groups attached to an aromatic ring is 1. The van der Waals surface area contributed by atoms with Crippen molar-refractivity contribution in [2.75, 3.05) is 35.6 Å². The highest BCUT2D eigenvalue weighted by atomic mass is 35.5. The number of benzene rings is 1. The van der Waals surface area contributed by atoms with Crippen molar-refractivity contribution >= 4 is 34.6 Å². The first kappa shape index (κ1) is 19.1. The Morgan fingerprint density at radius 2 is 2.04 bits per heavy atom. The highest BCUT2D eigenvalue weighted by molar-refractivity contribution is 6.33. The number of nitrogens with one attached hydrogen (secondary N) is 1. The van der Waals surface area contributed by atoms with Crippen LogP contribution in [-0.4, -0.2) is 34.8 Å². The summed E-state index contributed by atoms with van der Waals surface area (Å²) in [7, 11) is 0. The molecule has 136 valence electrons. The fourth-order valence-electron chi connectivity index (χ4n) is 2.20. The van der Waals surface area contributed by atoms with E-state index in [1.54, 1.807) is 4.90 Å². The van der Waals surface area contributed by atoms with E-state index in [0.717, 1.165) is 18.2 Å². The summed E-state index contributed by atoms with van der Waals surface area (Å²) < 4.78 is 38.6. The maximum atomic E-state index is 12.9. The van der Waals surface area contributed by atoms with Crippen LogP contribution in [-0.2, 0) is 6.18 Å². The fraction of sp³-hybridized carbons (Fsp3) is 0.333. The van der Waals surface area contributed by atoms with Gasteiger partial charge in [0.15, 0.2) is 11.6 Å². The highest BCUT2D eigenvalue weighted by Gasteiger charge is 2.31. The molecule has 25 heavy (non-hydrogen) atoms. The minimum absolute atomic E-state index is 0.0260. The predicted molar refractivity (Wildman–Crippen MR) is 91.2 cm³/mol. The number of hydrogen-bond acceptors (Lipinski definition) is 6. The van der Waals surface area contributed by atoms with Crippen LogP contribution in [0.25, 0.3) is 0 Å². The molecule has 4 N–H and O–H groups in total. The Balaban J connectivity index is 2.38. The molecule has 0 unspecified atom stereocenters. The first-order chi connectivity index (χ1) is 11.8. The van der Waals surface area contributed by atoms with Crippen molar-refractivity contribution in [2.45, 2.75) is 13.1 Å². The van der Waals surface area contributed by atoms with E-state index in [-0.39, 0.29) is 28.8 Å². The Morgan fingerprint density at radius 1 is 1.32 bits per heavy atom. The molecular weight excluding hydrogens is 359 g/mol. The molecule has 1 aromatic heterocycles. The molecule has 0 bridgehead atoms. The number of aliphatic hydroxyl groups is 1. The van der Waals surface area contributed by atoms with Gasteiger partial charge in [0.25, 0.3) is 0 Å². The number of aliphatic hydroxyl groups excluding tert-OH is 1. The molecule has 1 aromatic carbocycles. The van der Waals surface area contributed by atoms with E-state index in [1.807, 2.05) is 6.92 Å². The average molecular weight is 376 g/mol. The number of alkyl halides is 3. The molecule has 0 amide bonds. The molecule has 6 nitrogen and oxygen atoms in total. The van der Waals surface area contributed by atoms with Crippen molar-refractivity contribution in [1.29, 1.82) is 0 Å². The second-order valence-electron chi connectivity index (χ2n) is 5.08. The number of nitrogens with two attached hydrogens (primary N) is 1. The van der Waals surface area contributed by atoms with Crippen LogP contribution in [0.2, 0.25) is 5.02 Å². The molecule has 0 aliphatic rings.